The highest BCUT2D eigenvalue weighted by Crippen LogP contribution is 2.41. The molecule has 2 aliphatic heterocycles. The zero-order valence-corrected chi connectivity index (χ0v) is 14.1. The van der Waals surface area contributed by atoms with Gasteiger partial charge in [-0.15, -0.1) is 0 Å². The second-order valence-electron chi connectivity index (χ2n) is 6.84. The molecule has 1 saturated carbocycles. The van der Waals surface area contributed by atoms with Crippen molar-refractivity contribution in [3.8, 4) is 0 Å². The molecule has 0 unspecified atom stereocenters. The van der Waals surface area contributed by atoms with E-state index in [0.29, 0.717) is 25.6 Å². The SMILES string of the molecule is CN(c1ncccn1)[C@@H]1CO[C@]2(CCN(S(=O)(=O)C3CC3)C2)C1. The van der Waals surface area contributed by atoms with E-state index in [1.54, 1.807) is 22.8 Å². The van der Waals surface area contributed by atoms with Crippen LogP contribution in [0, 0.1) is 0 Å². The lowest BCUT2D eigenvalue weighted by molar-refractivity contribution is 0.0171. The summed E-state index contributed by atoms with van der Waals surface area (Å²) in [5.74, 6) is 0.679. The Labute approximate surface area is 136 Å². The number of rotatable bonds is 4. The number of anilines is 1. The Balaban J connectivity index is 1.44. The predicted octanol–water partition coefficient (Wildman–Crippen LogP) is 0.638. The van der Waals surface area contributed by atoms with E-state index in [2.05, 4.69) is 9.97 Å². The molecule has 2 saturated heterocycles. The third-order valence-corrected chi connectivity index (χ3v) is 7.54. The number of nitrogens with zero attached hydrogens (tertiary/aromatic N) is 4. The zero-order valence-electron chi connectivity index (χ0n) is 13.3. The summed E-state index contributed by atoms with van der Waals surface area (Å²) in [6.07, 6.45) is 6.66. The first-order chi connectivity index (χ1) is 11.0. The molecule has 3 fully saturated rings. The van der Waals surface area contributed by atoms with Crippen molar-refractivity contribution in [2.75, 3.05) is 31.6 Å². The summed E-state index contributed by atoms with van der Waals surface area (Å²) in [6, 6.07) is 1.97. The van der Waals surface area contributed by atoms with Crippen LogP contribution < -0.4 is 4.90 Å². The van der Waals surface area contributed by atoms with Gasteiger partial charge in [0.1, 0.15) is 0 Å². The smallest absolute Gasteiger partial charge is 0.225 e. The lowest BCUT2D eigenvalue weighted by Crippen LogP contribution is -2.39. The molecule has 0 aromatic carbocycles. The number of hydrogen-bond acceptors (Lipinski definition) is 6. The molecule has 7 nitrogen and oxygen atoms in total. The van der Waals surface area contributed by atoms with Gasteiger partial charge in [0.2, 0.25) is 16.0 Å². The maximum absolute atomic E-state index is 12.4. The van der Waals surface area contributed by atoms with Crippen LogP contribution in [-0.2, 0) is 14.8 Å². The molecule has 126 valence electrons. The van der Waals surface area contributed by atoms with Crippen molar-refractivity contribution in [1.29, 1.82) is 0 Å². The number of hydrogen-bond donors (Lipinski definition) is 0. The Bertz CT molecular complexity index is 679. The van der Waals surface area contributed by atoms with Crippen LogP contribution in [0.1, 0.15) is 25.7 Å². The summed E-state index contributed by atoms with van der Waals surface area (Å²) in [7, 11) is -1.14. The van der Waals surface area contributed by atoms with Gasteiger partial charge in [-0.05, 0) is 25.3 Å². The molecule has 1 aliphatic carbocycles. The first-order valence-corrected chi connectivity index (χ1v) is 9.63. The summed E-state index contributed by atoms with van der Waals surface area (Å²) in [5.41, 5.74) is -0.338. The average molecular weight is 338 g/mol. The van der Waals surface area contributed by atoms with Crippen LogP contribution in [-0.4, -0.2) is 66.3 Å². The molecule has 23 heavy (non-hydrogen) atoms. The highest BCUT2D eigenvalue weighted by Gasteiger charge is 2.52. The normalized spacial score (nSPS) is 31.8. The van der Waals surface area contributed by atoms with Crippen LogP contribution in [0.4, 0.5) is 5.95 Å². The number of sulfonamides is 1. The second kappa shape index (κ2) is 5.39. The standard InChI is InChI=1S/C15H22N4O3S/c1-18(14-16-6-2-7-17-14)12-9-15(22-10-12)5-8-19(11-15)23(20,21)13-3-4-13/h2,6-7,12-13H,3-5,8-11H2,1H3/t12-,15+/m0/s1. The van der Waals surface area contributed by atoms with Crippen LogP contribution >= 0.6 is 0 Å². The minimum absolute atomic E-state index is 0.143. The first-order valence-electron chi connectivity index (χ1n) is 8.13. The Morgan fingerprint density at radius 1 is 1.35 bits per heavy atom. The van der Waals surface area contributed by atoms with E-state index < -0.39 is 10.0 Å². The van der Waals surface area contributed by atoms with Crippen molar-refractivity contribution in [3.63, 3.8) is 0 Å². The maximum atomic E-state index is 12.4. The summed E-state index contributed by atoms with van der Waals surface area (Å²) < 4.78 is 32.5. The van der Waals surface area contributed by atoms with Gasteiger partial charge in [0.15, 0.2) is 0 Å². The van der Waals surface area contributed by atoms with E-state index in [9.17, 15) is 8.42 Å². The number of ether oxygens (including phenoxy) is 1. The Morgan fingerprint density at radius 2 is 2.09 bits per heavy atom. The highest BCUT2D eigenvalue weighted by atomic mass is 32.2. The topological polar surface area (TPSA) is 75.6 Å². The molecule has 8 heteroatoms. The van der Waals surface area contributed by atoms with Crippen molar-refractivity contribution in [2.45, 2.75) is 42.6 Å². The van der Waals surface area contributed by atoms with E-state index in [1.165, 1.54) is 0 Å². The molecule has 1 aromatic heterocycles. The Morgan fingerprint density at radius 3 is 2.78 bits per heavy atom. The van der Waals surface area contributed by atoms with Crippen molar-refractivity contribution in [2.24, 2.45) is 0 Å². The van der Waals surface area contributed by atoms with Crippen LogP contribution in [0.3, 0.4) is 0 Å². The van der Waals surface area contributed by atoms with Crippen molar-refractivity contribution >= 4 is 16.0 Å². The third kappa shape index (κ3) is 2.72. The van der Waals surface area contributed by atoms with Gasteiger partial charge >= 0.3 is 0 Å². The summed E-state index contributed by atoms with van der Waals surface area (Å²) >= 11 is 0. The quantitative estimate of drug-likeness (QED) is 0.802. The van der Waals surface area contributed by atoms with Crippen molar-refractivity contribution in [3.05, 3.63) is 18.5 Å². The molecule has 3 aliphatic rings. The largest absolute Gasteiger partial charge is 0.371 e. The molecule has 0 N–H and O–H groups in total. The van der Waals surface area contributed by atoms with Gasteiger partial charge in [0.25, 0.3) is 0 Å². The van der Waals surface area contributed by atoms with Crippen LogP contribution in [0.15, 0.2) is 18.5 Å². The molecule has 4 rings (SSSR count). The predicted molar refractivity (Wildman–Crippen MR) is 85.7 cm³/mol. The lowest BCUT2D eigenvalue weighted by atomic mass is 9.97. The van der Waals surface area contributed by atoms with Gasteiger partial charge in [0.05, 0.1) is 23.5 Å². The van der Waals surface area contributed by atoms with E-state index in [0.717, 1.165) is 25.7 Å². The van der Waals surface area contributed by atoms with Crippen LogP contribution in [0.2, 0.25) is 0 Å². The molecular formula is C15H22N4O3S. The van der Waals surface area contributed by atoms with E-state index in [4.69, 9.17) is 4.74 Å². The minimum atomic E-state index is -3.10. The van der Waals surface area contributed by atoms with Gasteiger partial charge in [-0.1, -0.05) is 0 Å². The van der Waals surface area contributed by atoms with Crippen LogP contribution in [0.25, 0.3) is 0 Å². The lowest BCUT2D eigenvalue weighted by Gasteiger charge is -2.26. The number of aromatic nitrogens is 2. The van der Waals surface area contributed by atoms with Gasteiger partial charge in [-0.3, -0.25) is 0 Å². The van der Waals surface area contributed by atoms with Gasteiger partial charge in [-0.25, -0.2) is 18.4 Å². The van der Waals surface area contributed by atoms with Crippen LogP contribution in [0.5, 0.6) is 0 Å². The molecule has 3 heterocycles. The Hall–Kier alpha value is -1.25. The molecule has 0 amide bonds. The third-order valence-electron chi connectivity index (χ3n) is 5.19. The molecule has 0 bridgehead atoms. The minimum Gasteiger partial charge on any atom is -0.371 e. The van der Waals surface area contributed by atoms with E-state index >= 15 is 0 Å². The fourth-order valence-electron chi connectivity index (χ4n) is 3.59. The van der Waals surface area contributed by atoms with Gasteiger partial charge < -0.3 is 9.64 Å². The van der Waals surface area contributed by atoms with Crippen molar-refractivity contribution in [1.82, 2.24) is 14.3 Å². The molecule has 2 atom stereocenters. The molecular weight excluding hydrogens is 316 g/mol. The molecule has 0 radical (unpaired) electrons. The average Bonchev–Trinajstić information content (AvgIpc) is 3.24. The van der Waals surface area contributed by atoms with E-state index in [1.807, 2.05) is 11.9 Å². The Kier molecular flexibility index (Phi) is 3.58. The molecule has 1 aromatic rings. The maximum Gasteiger partial charge on any atom is 0.225 e. The second-order valence-corrected chi connectivity index (χ2v) is 9.05. The monoisotopic (exact) mass is 338 g/mol. The highest BCUT2D eigenvalue weighted by molar-refractivity contribution is 7.90. The first kappa shape index (κ1) is 15.3. The zero-order chi connectivity index (χ0) is 16.1. The summed E-state index contributed by atoms with van der Waals surface area (Å²) in [5, 5.41) is -0.143. The fraction of sp³-hybridized carbons (Fsp3) is 0.733. The van der Waals surface area contributed by atoms with Crippen molar-refractivity contribution < 1.29 is 13.2 Å². The van der Waals surface area contributed by atoms with Gasteiger partial charge in [0, 0.05) is 39.0 Å². The summed E-state index contributed by atoms with van der Waals surface area (Å²) in [4.78, 5) is 10.6. The fourth-order valence-corrected chi connectivity index (χ4v) is 5.51. The summed E-state index contributed by atoms with van der Waals surface area (Å²) in [6.45, 7) is 1.66. The van der Waals surface area contributed by atoms with Gasteiger partial charge in [-0.2, -0.15) is 4.31 Å². The molecule has 1 spiro atoms. The number of likely N-dealkylation sites (N-methyl/N-ethyl adjacent to an activating group) is 1. The van der Waals surface area contributed by atoms with E-state index in [-0.39, 0.29) is 16.9 Å².